The lowest BCUT2D eigenvalue weighted by molar-refractivity contribution is -0.139. The molecule has 0 aromatic heterocycles. The fourth-order valence-corrected chi connectivity index (χ4v) is 4.25. The first-order valence-electron chi connectivity index (χ1n) is 8.23. The highest BCUT2D eigenvalue weighted by Gasteiger charge is 2.29. The smallest absolute Gasteiger partial charge is 0.335 e. The summed E-state index contributed by atoms with van der Waals surface area (Å²) in [5.74, 6) is -0.132. The van der Waals surface area contributed by atoms with Gasteiger partial charge in [-0.05, 0) is 36.3 Å². The largest absolute Gasteiger partial charge is 0.463 e. The van der Waals surface area contributed by atoms with Crippen LogP contribution < -0.4 is 0 Å². The molecule has 1 unspecified atom stereocenters. The van der Waals surface area contributed by atoms with Crippen molar-refractivity contribution in [3.05, 3.63) is 58.5 Å². The molecular formula is C19H23NO2S. The summed E-state index contributed by atoms with van der Waals surface area (Å²) in [7, 11) is 0. The van der Waals surface area contributed by atoms with Crippen molar-refractivity contribution < 1.29 is 9.53 Å². The number of thioether (sulfide) groups is 1. The first kappa shape index (κ1) is 16.3. The molecule has 0 spiro atoms. The molecule has 2 aliphatic heterocycles. The lowest BCUT2D eigenvalue weighted by Crippen LogP contribution is -2.36. The van der Waals surface area contributed by atoms with E-state index in [1.807, 2.05) is 24.8 Å². The van der Waals surface area contributed by atoms with Gasteiger partial charge >= 0.3 is 5.97 Å². The highest BCUT2D eigenvalue weighted by molar-refractivity contribution is 8.03. The van der Waals surface area contributed by atoms with Crippen molar-refractivity contribution in [2.24, 2.45) is 0 Å². The number of carbonyl (C=O) groups is 1. The zero-order chi connectivity index (χ0) is 16.1. The van der Waals surface area contributed by atoms with Crippen LogP contribution in [0.5, 0.6) is 0 Å². The van der Waals surface area contributed by atoms with E-state index in [-0.39, 0.29) is 5.97 Å². The van der Waals surface area contributed by atoms with Crippen molar-refractivity contribution in [1.29, 1.82) is 0 Å². The van der Waals surface area contributed by atoms with Crippen LogP contribution in [0.1, 0.15) is 25.3 Å². The lowest BCUT2D eigenvalue weighted by Gasteiger charge is -2.32. The van der Waals surface area contributed by atoms with Gasteiger partial charge in [0.25, 0.3) is 0 Å². The van der Waals surface area contributed by atoms with Gasteiger partial charge in [-0.25, -0.2) is 4.79 Å². The number of benzene rings is 1. The van der Waals surface area contributed by atoms with Crippen LogP contribution in [0.15, 0.2) is 53.0 Å². The van der Waals surface area contributed by atoms with Gasteiger partial charge < -0.3 is 4.74 Å². The van der Waals surface area contributed by atoms with Gasteiger partial charge in [0.15, 0.2) is 0 Å². The van der Waals surface area contributed by atoms with Gasteiger partial charge in [0.2, 0.25) is 0 Å². The minimum atomic E-state index is -0.132. The molecule has 3 nitrogen and oxygen atoms in total. The minimum absolute atomic E-state index is 0.132. The maximum Gasteiger partial charge on any atom is 0.335 e. The third-order valence-corrected chi connectivity index (χ3v) is 5.47. The molecule has 2 heterocycles. The maximum absolute atomic E-state index is 12.4. The first-order valence-corrected chi connectivity index (χ1v) is 9.18. The van der Waals surface area contributed by atoms with Crippen LogP contribution >= 0.6 is 11.8 Å². The van der Waals surface area contributed by atoms with Crippen molar-refractivity contribution in [2.75, 3.05) is 19.7 Å². The third-order valence-electron chi connectivity index (χ3n) is 4.32. The van der Waals surface area contributed by atoms with Crippen LogP contribution in [0, 0.1) is 0 Å². The second kappa shape index (κ2) is 7.84. The Labute approximate surface area is 142 Å². The lowest BCUT2D eigenvalue weighted by atomic mass is 9.95. The monoisotopic (exact) mass is 329 g/mol. The maximum atomic E-state index is 12.4. The Morgan fingerprint density at radius 2 is 2.17 bits per heavy atom. The minimum Gasteiger partial charge on any atom is -0.463 e. The highest BCUT2D eigenvalue weighted by Crippen LogP contribution is 2.36. The predicted molar refractivity (Wildman–Crippen MR) is 95.1 cm³/mol. The number of rotatable bonds is 5. The van der Waals surface area contributed by atoms with Crippen molar-refractivity contribution >= 4 is 17.7 Å². The molecule has 2 aliphatic rings. The van der Waals surface area contributed by atoms with E-state index in [1.54, 1.807) is 0 Å². The summed E-state index contributed by atoms with van der Waals surface area (Å²) in [4.78, 5) is 14.8. The average molecular weight is 329 g/mol. The predicted octanol–water partition coefficient (Wildman–Crippen LogP) is 3.77. The Hall–Kier alpha value is -1.52. The fourth-order valence-electron chi connectivity index (χ4n) is 3.19. The highest BCUT2D eigenvalue weighted by atomic mass is 32.2. The number of carbonyl (C=O) groups excluding carboxylic acids is 1. The Balaban J connectivity index is 1.76. The molecule has 1 aromatic carbocycles. The van der Waals surface area contributed by atoms with Crippen molar-refractivity contribution in [1.82, 2.24) is 4.90 Å². The van der Waals surface area contributed by atoms with E-state index in [0.717, 1.165) is 31.5 Å². The number of hydrogen-bond acceptors (Lipinski definition) is 4. The second-order valence-electron chi connectivity index (χ2n) is 5.90. The van der Waals surface area contributed by atoms with E-state index in [2.05, 4.69) is 40.6 Å². The summed E-state index contributed by atoms with van der Waals surface area (Å²) >= 11 is 1.83. The molecule has 0 saturated carbocycles. The van der Waals surface area contributed by atoms with Gasteiger partial charge in [-0.3, -0.25) is 4.90 Å². The van der Waals surface area contributed by atoms with Gasteiger partial charge in [-0.15, -0.1) is 11.8 Å². The molecule has 4 heteroatoms. The summed E-state index contributed by atoms with van der Waals surface area (Å²) in [6.07, 6.45) is 4.18. The molecule has 0 fully saturated rings. The quantitative estimate of drug-likeness (QED) is 0.769. The molecule has 1 atom stereocenters. The van der Waals surface area contributed by atoms with Gasteiger partial charge in [-0.2, -0.15) is 0 Å². The number of nitrogens with zero attached hydrogens (tertiary/aromatic N) is 1. The molecule has 0 aliphatic carbocycles. The normalized spacial score (nSPS) is 21.7. The van der Waals surface area contributed by atoms with Crippen LogP contribution in [-0.2, 0) is 16.1 Å². The summed E-state index contributed by atoms with van der Waals surface area (Å²) < 4.78 is 5.32. The van der Waals surface area contributed by atoms with Crippen molar-refractivity contribution in [3.8, 4) is 0 Å². The van der Waals surface area contributed by atoms with E-state index in [0.29, 0.717) is 18.4 Å². The SMILES string of the molecule is CCOC(=O)C1=C(C2CC=CS2)CCN(Cc2ccccc2)C1. The number of hydrogen-bond donors (Lipinski definition) is 0. The van der Waals surface area contributed by atoms with Gasteiger partial charge in [0.05, 0.1) is 12.2 Å². The van der Waals surface area contributed by atoms with Gasteiger partial charge in [0.1, 0.15) is 0 Å². The van der Waals surface area contributed by atoms with E-state index in [1.165, 1.54) is 11.1 Å². The standard InChI is InChI=1S/C19H23NO2S/c1-2-22-19(21)17-14-20(13-15-7-4-3-5-8-15)11-10-16(17)18-9-6-12-23-18/h3-8,12,18H,2,9-11,13-14H2,1H3. The summed E-state index contributed by atoms with van der Waals surface area (Å²) in [5.41, 5.74) is 3.47. The van der Waals surface area contributed by atoms with Crippen LogP contribution in [0.4, 0.5) is 0 Å². The van der Waals surface area contributed by atoms with Crippen molar-refractivity contribution in [3.63, 3.8) is 0 Å². The Morgan fingerprint density at radius 3 is 2.87 bits per heavy atom. The average Bonchev–Trinajstić information content (AvgIpc) is 3.10. The summed E-state index contributed by atoms with van der Waals surface area (Å²) in [6, 6.07) is 10.4. The van der Waals surface area contributed by atoms with E-state index >= 15 is 0 Å². The Bertz CT molecular complexity index is 601. The summed E-state index contributed by atoms with van der Waals surface area (Å²) in [5, 5.41) is 2.57. The summed E-state index contributed by atoms with van der Waals surface area (Å²) in [6.45, 7) is 4.89. The molecule has 3 rings (SSSR count). The first-order chi connectivity index (χ1) is 11.3. The van der Waals surface area contributed by atoms with E-state index < -0.39 is 0 Å². The van der Waals surface area contributed by atoms with Crippen LogP contribution in [-0.4, -0.2) is 35.8 Å². The molecule has 0 bridgehead atoms. The second-order valence-corrected chi connectivity index (χ2v) is 7.02. The molecule has 1 aromatic rings. The molecule has 122 valence electrons. The van der Waals surface area contributed by atoms with E-state index in [4.69, 9.17) is 4.74 Å². The molecule has 0 saturated heterocycles. The van der Waals surface area contributed by atoms with Crippen molar-refractivity contribution in [2.45, 2.75) is 31.6 Å². The molecule has 0 amide bonds. The zero-order valence-corrected chi connectivity index (χ0v) is 14.3. The fraction of sp³-hybridized carbons (Fsp3) is 0.421. The Kier molecular flexibility index (Phi) is 5.57. The number of ether oxygens (including phenoxy) is 1. The van der Waals surface area contributed by atoms with Crippen LogP contribution in [0.3, 0.4) is 0 Å². The van der Waals surface area contributed by atoms with E-state index in [9.17, 15) is 4.79 Å². The topological polar surface area (TPSA) is 29.5 Å². The molecule has 23 heavy (non-hydrogen) atoms. The zero-order valence-electron chi connectivity index (χ0n) is 13.5. The number of allylic oxidation sites excluding steroid dienone is 1. The number of esters is 1. The Morgan fingerprint density at radius 1 is 1.35 bits per heavy atom. The van der Waals surface area contributed by atoms with Gasteiger partial charge in [-0.1, -0.05) is 36.4 Å². The van der Waals surface area contributed by atoms with Gasteiger partial charge in [0, 0.05) is 24.9 Å². The molecular weight excluding hydrogens is 306 g/mol. The molecule has 0 N–H and O–H groups in total. The molecule has 0 radical (unpaired) electrons. The van der Waals surface area contributed by atoms with Crippen LogP contribution in [0.2, 0.25) is 0 Å². The third kappa shape index (κ3) is 4.06. The van der Waals surface area contributed by atoms with Crippen LogP contribution in [0.25, 0.3) is 0 Å².